The van der Waals surface area contributed by atoms with Crippen LogP contribution in [0.3, 0.4) is 0 Å². The van der Waals surface area contributed by atoms with Crippen LogP contribution >= 0.6 is 0 Å². The molecular weight excluding hydrogens is 612 g/mol. The number of carbonyl (C=O) groups excluding carboxylic acids is 6. The summed E-state index contributed by atoms with van der Waals surface area (Å²) in [4.78, 5) is 81.1. The van der Waals surface area contributed by atoms with E-state index in [-0.39, 0.29) is 44.2 Å². The van der Waals surface area contributed by atoms with E-state index in [0.29, 0.717) is 6.42 Å². The fourth-order valence-corrected chi connectivity index (χ4v) is 5.56. The number of amides is 6. The molecule has 2 aromatic carbocycles. The first kappa shape index (κ1) is 37.7. The number of hydrogen-bond donors (Lipinski definition) is 5. The Hall–Kier alpha value is -4.74. The maximum Gasteiger partial charge on any atom is 0.245 e. The molecule has 5 N–H and O–H groups in total. The molecule has 0 aromatic heterocycles. The summed E-state index contributed by atoms with van der Waals surface area (Å²) in [6.45, 7) is 8.84. The van der Waals surface area contributed by atoms with Crippen LogP contribution in [0.15, 0.2) is 60.7 Å². The summed E-state index contributed by atoms with van der Waals surface area (Å²) >= 11 is 0. The van der Waals surface area contributed by atoms with Crippen molar-refractivity contribution in [3.8, 4) is 0 Å². The molecule has 0 radical (unpaired) electrons. The molecule has 12 heteroatoms. The third-order valence-corrected chi connectivity index (χ3v) is 8.45. The molecule has 1 heterocycles. The van der Waals surface area contributed by atoms with Gasteiger partial charge >= 0.3 is 0 Å². The Labute approximate surface area is 283 Å². The van der Waals surface area contributed by atoms with Crippen LogP contribution < -0.4 is 26.6 Å². The molecule has 4 atom stereocenters. The van der Waals surface area contributed by atoms with E-state index in [1.807, 2.05) is 74.5 Å². The van der Waals surface area contributed by atoms with E-state index >= 15 is 0 Å². The minimum absolute atomic E-state index is 0.115. The minimum atomic E-state index is -1.05. The highest BCUT2D eigenvalue weighted by atomic mass is 16.2. The fourth-order valence-electron chi connectivity index (χ4n) is 5.56. The predicted molar refractivity (Wildman–Crippen MR) is 182 cm³/mol. The van der Waals surface area contributed by atoms with Crippen LogP contribution in [0.1, 0.15) is 65.0 Å². The molecule has 0 aliphatic carbocycles. The number of benzene rings is 2. The topological polar surface area (TPSA) is 166 Å². The second-order valence-electron chi connectivity index (χ2n) is 13.4. The molecule has 12 nitrogen and oxygen atoms in total. The normalized spacial score (nSPS) is 22.5. The van der Waals surface area contributed by atoms with Crippen LogP contribution in [0.5, 0.6) is 0 Å². The van der Waals surface area contributed by atoms with Gasteiger partial charge in [-0.3, -0.25) is 28.8 Å². The van der Waals surface area contributed by atoms with E-state index in [9.17, 15) is 28.8 Å². The maximum atomic E-state index is 13.6. The summed E-state index contributed by atoms with van der Waals surface area (Å²) in [5.74, 6) is -3.29. The Morgan fingerprint density at radius 1 is 0.896 bits per heavy atom. The monoisotopic (exact) mass is 662 g/mol. The molecule has 1 fully saturated rings. The third-order valence-electron chi connectivity index (χ3n) is 8.45. The van der Waals surface area contributed by atoms with Crippen molar-refractivity contribution in [3.63, 3.8) is 0 Å². The van der Waals surface area contributed by atoms with Gasteiger partial charge in [0.05, 0.1) is 6.54 Å². The van der Waals surface area contributed by atoms with Crippen molar-refractivity contribution in [2.75, 3.05) is 20.1 Å². The molecule has 6 amide bonds. The lowest BCUT2D eigenvalue weighted by Gasteiger charge is -2.29. The van der Waals surface area contributed by atoms with Gasteiger partial charge in [0, 0.05) is 26.4 Å². The van der Waals surface area contributed by atoms with Gasteiger partial charge in [0.15, 0.2) is 0 Å². The molecule has 0 spiro atoms. The lowest BCUT2D eigenvalue weighted by Crippen LogP contribution is -2.59. The van der Waals surface area contributed by atoms with Crippen molar-refractivity contribution in [2.24, 2.45) is 5.92 Å². The number of rotatable bonds is 7. The van der Waals surface area contributed by atoms with Gasteiger partial charge in [0.25, 0.3) is 0 Å². The highest BCUT2D eigenvalue weighted by Crippen LogP contribution is 2.26. The summed E-state index contributed by atoms with van der Waals surface area (Å²) in [5, 5.41) is 13.8. The number of hydrogen-bond acceptors (Lipinski definition) is 6. The second-order valence-corrected chi connectivity index (χ2v) is 13.4. The van der Waals surface area contributed by atoms with Crippen molar-refractivity contribution in [1.29, 1.82) is 0 Å². The summed E-state index contributed by atoms with van der Waals surface area (Å²) in [6.07, 6.45) is 0.817. The molecule has 3 rings (SSSR count). The Kier molecular flexibility index (Phi) is 13.7. The van der Waals surface area contributed by atoms with Gasteiger partial charge < -0.3 is 31.5 Å². The van der Waals surface area contributed by atoms with E-state index < -0.39 is 59.1 Å². The molecule has 0 unspecified atom stereocenters. The Bertz CT molecular complexity index is 1430. The summed E-state index contributed by atoms with van der Waals surface area (Å²) in [5.41, 5.74) is 1.27. The highest BCUT2D eigenvalue weighted by Gasteiger charge is 2.33. The number of nitrogens with one attached hydrogen (secondary N) is 5. The first-order valence-electron chi connectivity index (χ1n) is 16.5. The predicted octanol–water partition coefficient (Wildman–Crippen LogP) is 1.58. The molecule has 48 heavy (non-hydrogen) atoms. The zero-order chi connectivity index (χ0) is 35.4. The van der Waals surface area contributed by atoms with Crippen molar-refractivity contribution in [3.05, 3.63) is 71.8 Å². The molecular formula is C36H50N6O6. The van der Waals surface area contributed by atoms with E-state index in [0.717, 1.165) is 11.1 Å². The van der Waals surface area contributed by atoms with Gasteiger partial charge in [0.2, 0.25) is 35.4 Å². The van der Waals surface area contributed by atoms with Crippen molar-refractivity contribution in [2.45, 2.75) is 89.9 Å². The Morgan fingerprint density at radius 3 is 2.15 bits per heavy atom. The van der Waals surface area contributed by atoms with Crippen molar-refractivity contribution in [1.82, 2.24) is 31.5 Å². The van der Waals surface area contributed by atoms with Gasteiger partial charge in [-0.05, 0) is 42.2 Å². The van der Waals surface area contributed by atoms with Crippen LogP contribution in [0.4, 0.5) is 0 Å². The largest absolute Gasteiger partial charge is 0.355 e. The Balaban J connectivity index is 1.82. The summed E-state index contributed by atoms with van der Waals surface area (Å²) < 4.78 is 0. The first-order chi connectivity index (χ1) is 22.7. The molecule has 1 saturated heterocycles. The smallest absolute Gasteiger partial charge is 0.245 e. The molecule has 0 bridgehead atoms. The number of likely N-dealkylation sites (N-methyl/N-ethyl adjacent to an activating group) is 1. The first-order valence-corrected chi connectivity index (χ1v) is 16.5. The molecule has 2 aromatic rings. The lowest BCUT2D eigenvalue weighted by atomic mass is 9.81. The minimum Gasteiger partial charge on any atom is -0.355 e. The molecule has 1 aliphatic heterocycles. The second kappa shape index (κ2) is 17.4. The standard InChI is InChI=1S/C36H50N6O6/c1-23(2)31-34(47)38-24(3)32(45)40-28(20-25-14-9-7-10-15-25)35(48)42(6)22-30(44)37-19-13-18-27(33(46)41-31)39-29(43)21-36(4,5)26-16-11-8-12-17-26/h7-12,14-17,23-24,27-28,31H,13,18-22H2,1-6H3,(H,37,44)(H,38,47)(H,39,43)(H,40,45)(H,41,46)/t24-,27+,28+,31-/m1/s1. The average molecular weight is 663 g/mol. The van der Waals surface area contributed by atoms with Crippen LogP contribution in [0.2, 0.25) is 0 Å². The van der Waals surface area contributed by atoms with Gasteiger partial charge in [-0.1, -0.05) is 88.4 Å². The highest BCUT2D eigenvalue weighted by molar-refractivity contribution is 5.96. The van der Waals surface area contributed by atoms with Crippen LogP contribution in [-0.4, -0.2) is 84.6 Å². The molecule has 0 saturated carbocycles. The van der Waals surface area contributed by atoms with Crippen LogP contribution in [0, 0.1) is 5.92 Å². The zero-order valence-electron chi connectivity index (χ0n) is 28.8. The van der Waals surface area contributed by atoms with E-state index in [1.54, 1.807) is 13.8 Å². The van der Waals surface area contributed by atoms with Crippen molar-refractivity contribution < 1.29 is 28.8 Å². The van der Waals surface area contributed by atoms with Gasteiger partial charge in [-0.25, -0.2) is 0 Å². The van der Waals surface area contributed by atoms with Crippen LogP contribution in [-0.2, 0) is 40.6 Å². The Morgan fingerprint density at radius 2 is 1.52 bits per heavy atom. The van der Waals surface area contributed by atoms with E-state index in [4.69, 9.17) is 0 Å². The zero-order valence-corrected chi connectivity index (χ0v) is 28.8. The fraction of sp³-hybridized carbons (Fsp3) is 0.500. The maximum absolute atomic E-state index is 13.6. The van der Waals surface area contributed by atoms with Gasteiger partial charge in [0.1, 0.15) is 24.2 Å². The number of carbonyl (C=O) groups is 6. The van der Waals surface area contributed by atoms with E-state index in [1.165, 1.54) is 18.9 Å². The third kappa shape index (κ3) is 11.2. The average Bonchev–Trinajstić information content (AvgIpc) is 3.04. The number of nitrogens with zero attached hydrogens (tertiary/aromatic N) is 1. The van der Waals surface area contributed by atoms with E-state index in [2.05, 4.69) is 26.6 Å². The quantitative estimate of drug-likeness (QED) is 0.302. The molecule has 260 valence electrons. The molecule has 1 aliphatic rings. The summed E-state index contributed by atoms with van der Waals surface area (Å²) in [7, 11) is 1.48. The van der Waals surface area contributed by atoms with Crippen LogP contribution in [0.25, 0.3) is 0 Å². The van der Waals surface area contributed by atoms with Crippen molar-refractivity contribution >= 4 is 35.4 Å². The lowest BCUT2D eigenvalue weighted by molar-refractivity contribution is -0.139. The summed E-state index contributed by atoms with van der Waals surface area (Å²) in [6, 6.07) is 14.7. The van der Waals surface area contributed by atoms with Gasteiger partial charge in [-0.15, -0.1) is 0 Å². The van der Waals surface area contributed by atoms with Gasteiger partial charge in [-0.2, -0.15) is 0 Å². The SMILES string of the molecule is CC(C)[C@H]1NC(=O)[C@@H](NC(=O)CC(C)(C)c2ccccc2)CCCNC(=O)CN(C)C(=O)[C@H](Cc2ccccc2)NC(=O)[C@@H](C)NC1=O.